The highest BCUT2D eigenvalue weighted by Crippen LogP contribution is 2.19. The van der Waals surface area contributed by atoms with E-state index in [4.69, 9.17) is 22.1 Å². The molecule has 0 spiro atoms. The van der Waals surface area contributed by atoms with Crippen LogP contribution in [0.25, 0.3) is 6.08 Å². The van der Waals surface area contributed by atoms with Crippen molar-refractivity contribution in [3.05, 3.63) is 40.4 Å². The Balaban J connectivity index is 2.79. The minimum Gasteiger partial charge on any atom is -0.380 e. The van der Waals surface area contributed by atoms with Crippen LogP contribution < -0.4 is 5.73 Å². The van der Waals surface area contributed by atoms with E-state index in [9.17, 15) is 0 Å². The fraction of sp³-hybridized carbons (Fsp3) is 0.385. The Morgan fingerprint density at radius 1 is 1.44 bits per heavy atom. The predicted molar refractivity (Wildman–Crippen MR) is 69.6 cm³/mol. The summed E-state index contributed by atoms with van der Waals surface area (Å²) >= 11 is 6.09. The third kappa shape index (κ3) is 4.35. The zero-order valence-electron chi connectivity index (χ0n) is 9.58. The Hall–Kier alpha value is -0.830. The summed E-state index contributed by atoms with van der Waals surface area (Å²) in [5.74, 6) is 0. The first-order valence-electron chi connectivity index (χ1n) is 5.41. The number of rotatable bonds is 6. The number of ether oxygens (including phenoxy) is 1. The Morgan fingerprint density at radius 2 is 2.19 bits per heavy atom. The highest BCUT2D eigenvalue weighted by Gasteiger charge is 2.00. The van der Waals surface area contributed by atoms with Gasteiger partial charge in [-0.25, -0.2) is 0 Å². The van der Waals surface area contributed by atoms with E-state index in [-0.39, 0.29) is 0 Å². The monoisotopic (exact) mass is 239 g/mol. The zero-order chi connectivity index (χ0) is 11.8. The summed E-state index contributed by atoms with van der Waals surface area (Å²) in [6, 6.07) is 7.79. The van der Waals surface area contributed by atoms with Crippen LogP contribution in [0.1, 0.15) is 18.4 Å². The number of benzene rings is 1. The molecule has 1 rings (SSSR count). The molecule has 0 aliphatic carbocycles. The van der Waals surface area contributed by atoms with Gasteiger partial charge in [-0.05, 0) is 36.6 Å². The van der Waals surface area contributed by atoms with Gasteiger partial charge in [0.2, 0.25) is 0 Å². The van der Waals surface area contributed by atoms with E-state index < -0.39 is 0 Å². The molecule has 0 amide bonds. The largest absolute Gasteiger partial charge is 0.380 e. The van der Waals surface area contributed by atoms with Gasteiger partial charge in [-0.2, -0.15) is 0 Å². The molecule has 0 aromatic heterocycles. The molecule has 1 aromatic rings. The third-order valence-electron chi connectivity index (χ3n) is 2.30. The van der Waals surface area contributed by atoms with Crippen LogP contribution in [0.3, 0.4) is 0 Å². The second-order valence-electron chi connectivity index (χ2n) is 3.65. The molecular formula is C13H18ClNO. The van der Waals surface area contributed by atoms with Gasteiger partial charge in [0, 0.05) is 12.1 Å². The summed E-state index contributed by atoms with van der Waals surface area (Å²) in [6.45, 7) is 1.33. The van der Waals surface area contributed by atoms with E-state index in [1.165, 1.54) is 5.57 Å². The Kier molecular flexibility index (Phi) is 6.16. The molecule has 0 unspecified atom stereocenters. The lowest BCUT2D eigenvalue weighted by Crippen LogP contribution is -2.01. The quantitative estimate of drug-likeness (QED) is 0.828. The molecule has 0 saturated carbocycles. The third-order valence-corrected chi connectivity index (χ3v) is 2.64. The number of halogens is 1. The van der Waals surface area contributed by atoms with E-state index >= 15 is 0 Å². The van der Waals surface area contributed by atoms with Crippen molar-refractivity contribution < 1.29 is 4.74 Å². The first kappa shape index (κ1) is 13.2. The average molecular weight is 240 g/mol. The van der Waals surface area contributed by atoms with Crippen LogP contribution >= 0.6 is 11.6 Å². The molecule has 88 valence electrons. The summed E-state index contributed by atoms with van der Waals surface area (Å²) in [5.41, 5.74) is 7.76. The van der Waals surface area contributed by atoms with E-state index in [1.807, 2.05) is 24.3 Å². The highest BCUT2D eigenvalue weighted by atomic mass is 35.5. The summed E-state index contributed by atoms with van der Waals surface area (Å²) < 4.78 is 5.16. The average Bonchev–Trinajstić information content (AvgIpc) is 2.29. The second kappa shape index (κ2) is 7.44. The van der Waals surface area contributed by atoms with Crippen LogP contribution in [-0.2, 0) is 4.74 Å². The van der Waals surface area contributed by atoms with E-state index in [0.717, 1.165) is 23.4 Å². The van der Waals surface area contributed by atoms with Gasteiger partial charge in [0.15, 0.2) is 0 Å². The smallest absolute Gasteiger partial charge is 0.0676 e. The van der Waals surface area contributed by atoms with Crippen molar-refractivity contribution in [3.63, 3.8) is 0 Å². The minimum absolute atomic E-state index is 0.630. The minimum atomic E-state index is 0.630. The maximum absolute atomic E-state index is 6.09. The van der Waals surface area contributed by atoms with Crippen LogP contribution in [0, 0.1) is 0 Å². The number of hydrogen-bond donors (Lipinski definition) is 1. The normalized spacial score (nSPS) is 11.8. The molecule has 0 aliphatic heterocycles. The Bertz CT molecular complexity index is 350. The van der Waals surface area contributed by atoms with Gasteiger partial charge in [0.25, 0.3) is 0 Å². The maximum atomic E-state index is 6.09. The second-order valence-corrected chi connectivity index (χ2v) is 4.06. The lowest BCUT2D eigenvalue weighted by atomic mass is 10.1. The van der Waals surface area contributed by atoms with Gasteiger partial charge in [0.05, 0.1) is 6.61 Å². The molecule has 0 bridgehead atoms. The standard InChI is InChI=1S/C13H18ClNO/c1-16-10-11(5-4-8-15)9-12-6-2-3-7-13(12)14/h2-3,6-7,9H,4-5,8,10,15H2,1H3/b11-9+. The fourth-order valence-corrected chi connectivity index (χ4v) is 1.70. The van der Waals surface area contributed by atoms with Crippen molar-refractivity contribution in [1.82, 2.24) is 0 Å². The molecular weight excluding hydrogens is 222 g/mol. The van der Waals surface area contributed by atoms with Gasteiger partial charge >= 0.3 is 0 Å². The molecule has 0 atom stereocenters. The topological polar surface area (TPSA) is 35.2 Å². The van der Waals surface area contributed by atoms with Gasteiger partial charge < -0.3 is 10.5 Å². The molecule has 2 nitrogen and oxygen atoms in total. The molecule has 0 aliphatic rings. The van der Waals surface area contributed by atoms with Crippen molar-refractivity contribution in [2.75, 3.05) is 20.3 Å². The summed E-state index contributed by atoms with van der Waals surface area (Å²) in [7, 11) is 1.70. The predicted octanol–water partition coefficient (Wildman–Crippen LogP) is 3.11. The summed E-state index contributed by atoms with van der Waals surface area (Å²) in [4.78, 5) is 0. The Labute approximate surface area is 102 Å². The number of hydrogen-bond acceptors (Lipinski definition) is 2. The van der Waals surface area contributed by atoms with E-state index in [0.29, 0.717) is 13.2 Å². The SMILES string of the molecule is COC/C(=C/c1ccccc1Cl)CCCN. The first-order chi connectivity index (χ1) is 7.77. The van der Waals surface area contributed by atoms with E-state index in [1.54, 1.807) is 7.11 Å². The molecule has 0 saturated heterocycles. The molecule has 2 N–H and O–H groups in total. The van der Waals surface area contributed by atoms with Crippen LogP contribution in [0.4, 0.5) is 0 Å². The number of methoxy groups -OCH3 is 1. The van der Waals surface area contributed by atoms with Crippen molar-refractivity contribution in [1.29, 1.82) is 0 Å². The van der Waals surface area contributed by atoms with Crippen molar-refractivity contribution in [2.45, 2.75) is 12.8 Å². The molecule has 0 radical (unpaired) electrons. The molecule has 0 heterocycles. The van der Waals surface area contributed by atoms with Gasteiger partial charge in [-0.1, -0.05) is 35.9 Å². The lowest BCUT2D eigenvalue weighted by Gasteiger charge is -2.06. The maximum Gasteiger partial charge on any atom is 0.0676 e. The zero-order valence-corrected chi connectivity index (χ0v) is 10.3. The fourth-order valence-electron chi connectivity index (χ4n) is 1.51. The first-order valence-corrected chi connectivity index (χ1v) is 5.78. The van der Waals surface area contributed by atoms with Crippen LogP contribution in [0.5, 0.6) is 0 Å². The highest BCUT2D eigenvalue weighted by molar-refractivity contribution is 6.32. The summed E-state index contributed by atoms with van der Waals surface area (Å²) in [5, 5.41) is 0.767. The van der Waals surface area contributed by atoms with Crippen molar-refractivity contribution in [3.8, 4) is 0 Å². The van der Waals surface area contributed by atoms with Crippen LogP contribution in [-0.4, -0.2) is 20.3 Å². The number of nitrogens with two attached hydrogens (primary N) is 1. The van der Waals surface area contributed by atoms with Crippen LogP contribution in [0.2, 0.25) is 5.02 Å². The van der Waals surface area contributed by atoms with Crippen molar-refractivity contribution >= 4 is 17.7 Å². The van der Waals surface area contributed by atoms with Gasteiger partial charge in [-0.3, -0.25) is 0 Å². The van der Waals surface area contributed by atoms with Gasteiger partial charge in [0.1, 0.15) is 0 Å². The van der Waals surface area contributed by atoms with Gasteiger partial charge in [-0.15, -0.1) is 0 Å². The molecule has 16 heavy (non-hydrogen) atoms. The molecule has 3 heteroatoms. The molecule has 1 aromatic carbocycles. The van der Waals surface area contributed by atoms with E-state index in [2.05, 4.69) is 6.08 Å². The molecule has 0 fully saturated rings. The van der Waals surface area contributed by atoms with Crippen molar-refractivity contribution in [2.24, 2.45) is 5.73 Å². The Morgan fingerprint density at radius 3 is 2.81 bits per heavy atom. The lowest BCUT2D eigenvalue weighted by molar-refractivity contribution is 0.223. The summed E-state index contributed by atoms with van der Waals surface area (Å²) in [6.07, 6.45) is 4.01. The van der Waals surface area contributed by atoms with Crippen LogP contribution in [0.15, 0.2) is 29.8 Å².